The van der Waals surface area contributed by atoms with Crippen LogP contribution in [0.15, 0.2) is 35.4 Å². The number of carbonyl (C=O) groups is 1. The summed E-state index contributed by atoms with van der Waals surface area (Å²) >= 11 is 0. The number of aromatic amines is 1. The Bertz CT molecular complexity index is 1040. The first-order chi connectivity index (χ1) is 11.5. The minimum absolute atomic E-state index is 0.0496. The Labute approximate surface area is 137 Å². The first-order valence-corrected chi connectivity index (χ1v) is 7.33. The zero-order chi connectivity index (χ0) is 17.3. The van der Waals surface area contributed by atoms with E-state index in [9.17, 15) is 9.59 Å². The Balaban J connectivity index is 2.10. The Morgan fingerprint density at radius 3 is 2.92 bits per heavy atom. The van der Waals surface area contributed by atoms with Crippen LogP contribution in [0.25, 0.3) is 16.8 Å². The SMILES string of the molecule is CCOC(=O)c1cn2cc(-c3cc(C#N)c(=O)[nH]c3C)ccc2n1. The summed E-state index contributed by atoms with van der Waals surface area (Å²) in [5.41, 5.74) is 2.65. The number of nitrogens with zero attached hydrogens (tertiary/aromatic N) is 3. The number of hydrogen-bond acceptors (Lipinski definition) is 5. The highest BCUT2D eigenvalue weighted by molar-refractivity contribution is 5.88. The van der Waals surface area contributed by atoms with Crippen molar-refractivity contribution >= 4 is 11.6 Å². The predicted octanol–water partition coefficient (Wildman–Crippen LogP) is 2.05. The molecule has 24 heavy (non-hydrogen) atoms. The van der Waals surface area contributed by atoms with Gasteiger partial charge in [-0.3, -0.25) is 4.79 Å². The third kappa shape index (κ3) is 2.65. The fourth-order valence-electron chi connectivity index (χ4n) is 2.46. The highest BCUT2D eigenvalue weighted by Gasteiger charge is 2.13. The van der Waals surface area contributed by atoms with Gasteiger partial charge in [0.1, 0.15) is 17.3 Å². The Hall–Kier alpha value is -3.40. The summed E-state index contributed by atoms with van der Waals surface area (Å²) in [7, 11) is 0. The van der Waals surface area contributed by atoms with Crippen LogP contribution in [0.1, 0.15) is 28.7 Å². The monoisotopic (exact) mass is 322 g/mol. The molecule has 1 N–H and O–H groups in total. The molecule has 0 aliphatic rings. The summed E-state index contributed by atoms with van der Waals surface area (Å²) in [6, 6.07) is 7.01. The van der Waals surface area contributed by atoms with Crippen LogP contribution < -0.4 is 5.56 Å². The first-order valence-electron chi connectivity index (χ1n) is 7.33. The van der Waals surface area contributed by atoms with Crippen molar-refractivity contribution in [3.05, 3.63) is 57.9 Å². The van der Waals surface area contributed by atoms with Crippen molar-refractivity contribution in [1.29, 1.82) is 5.26 Å². The van der Waals surface area contributed by atoms with E-state index in [2.05, 4.69) is 9.97 Å². The normalized spacial score (nSPS) is 10.5. The van der Waals surface area contributed by atoms with Crippen molar-refractivity contribution in [2.45, 2.75) is 13.8 Å². The fourth-order valence-corrected chi connectivity index (χ4v) is 2.46. The van der Waals surface area contributed by atoms with Gasteiger partial charge in [-0.15, -0.1) is 0 Å². The lowest BCUT2D eigenvalue weighted by atomic mass is 10.0. The van der Waals surface area contributed by atoms with Crippen molar-refractivity contribution in [2.75, 3.05) is 6.61 Å². The summed E-state index contributed by atoms with van der Waals surface area (Å²) < 4.78 is 6.65. The van der Waals surface area contributed by atoms with Gasteiger partial charge in [-0.05, 0) is 32.0 Å². The van der Waals surface area contributed by atoms with Crippen LogP contribution in [0.2, 0.25) is 0 Å². The van der Waals surface area contributed by atoms with Gasteiger partial charge in [0, 0.05) is 29.2 Å². The van der Waals surface area contributed by atoms with Crippen LogP contribution in [0, 0.1) is 18.3 Å². The molecule has 0 spiro atoms. The summed E-state index contributed by atoms with van der Waals surface area (Å²) in [6.07, 6.45) is 3.37. The van der Waals surface area contributed by atoms with Crippen LogP contribution in [-0.2, 0) is 4.74 Å². The fraction of sp³-hybridized carbons (Fsp3) is 0.176. The maximum absolute atomic E-state index is 11.8. The standard InChI is InChI=1S/C17H14N4O3/c1-3-24-17(23)14-9-21-8-11(4-5-15(21)20-14)13-6-12(7-18)16(22)19-10(13)2/h4-6,8-9H,3H2,1-2H3,(H,19,22). The zero-order valence-corrected chi connectivity index (χ0v) is 13.2. The number of fused-ring (bicyclic) bond motifs is 1. The van der Waals surface area contributed by atoms with Gasteiger partial charge in [-0.1, -0.05) is 0 Å². The van der Waals surface area contributed by atoms with Gasteiger partial charge in [0.25, 0.3) is 5.56 Å². The number of pyridine rings is 2. The van der Waals surface area contributed by atoms with Gasteiger partial charge in [-0.25, -0.2) is 9.78 Å². The van der Waals surface area contributed by atoms with Gasteiger partial charge in [0.2, 0.25) is 0 Å². The molecule has 7 nitrogen and oxygen atoms in total. The molecule has 7 heteroatoms. The molecule has 3 heterocycles. The van der Waals surface area contributed by atoms with E-state index < -0.39 is 11.5 Å². The zero-order valence-electron chi connectivity index (χ0n) is 13.2. The molecule has 3 aromatic heterocycles. The van der Waals surface area contributed by atoms with Crippen molar-refractivity contribution in [3.8, 4) is 17.2 Å². The van der Waals surface area contributed by atoms with Crippen molar-refractivity contribution in [3.63, 3.8) is 0 Å². The second-order valence-corrected chi connectivity index (χ2v) is 5.19. The summed E-state index contributed by atoms with van der Waals surface area (Å²) in [5.74, 6) is -0.477. The molecule has 0 aromatic carbocycles. The van der Waals surface area contributed by atoms with E-state index in [0.29, 0.717) is 11.3 Å². The number of aryl methyl sites for hydroxylation is 1. The molecule has 0 saturated carbocycles. The molecule has 0 aliphatic carbocycles. The third-order valence-corrected chi connectivity index (χ3v) is 3.61. The minimum Gasteiger partial charge on any atom is -0.461 e. The van der Waals surface area contributed by atoms with Gasteiger partial charge in [-0.2, -0.15) is 5.26 Å². The van der Waals surface area contributed by atoms with Crippen LogP contribution in [0.4, 0.5) is 0 Å². The Kier molecular flexibility index (Phi) is 3.88. The second kappa shape index (κ2) is 6.01. The van der Waals surface area contributed by atoms with Crippen LogP contribution in [-0.4, -0.2) is 26.9 Å². The van der Waals surface area contributed by atoms with Crippen molar-refractivity contribution in [1.82, 2.24) is 14.4 Å². The molecule has 0 aliphatic heterocycles. The predicted molar refractivity (Wildman–Crippen MR) is 86.7 cm³/mol. The van der Waals surface area contributed by atoms with Crippen LogP contribution in [0.3, 0.4) is 0 Å². The Morgan fingerprint density at radius 1 is 1.42 bits per heavy atom. The van der Waals surface area contributed by atoms with E-state index in [1.807, 2.05) is 12.1 Å². The van der Waals surface area contributed by atoms with E-state index >= 15 is 0 Å². The number of aromatic nitrogens is 3. The molecular weight excluding hydrogens is 308 g/mol. The molecule has 0 radical (unpaired) electrons. The number of esters is 1. The highest BCUT2D eigenvalue weighted by atomic mass is 16.5. The van der Waals surface area contributed by atoms with Crippen LogP contribution >= 0.6 is 0 Å². The van der Waals surface area contributed by atoms with Gasteiger partial charge < -0.3 is 14.1 Å². The molecule has 0 atom stereocenters. The van der Waals surface area contributed by atoms with Gasteiger partial charge in [0.05, 0.1) is 6.61 Å². The average molecular weight is 322 g/mol. The third-order valence-electron chi connectivity index (χ3n) is 3.61. The number of hydrogen-bond donors (Lipinski definition) is 1. The maximum Gasteiger partial charge on any atom is 0.358 e. The number of carbonyl (C=O) groups excluding carboxylic acids is 1. The average Bonchev–Trinajstić information content (AvgIpc) is 2.98. The van der Waals surface area contributed by atoms with Gasteiger partial charge in [0.15, 0.2) is 5.69 Å². The van der Waals surface area contributed by atoms with Crippen molar-refractivity contribution in [2.24, 2.45) is 0 Å². The number of imidazole rings is 1. The van der Waals surface area contributed by atoms with E-state index in [-0.39, 0.29) is 17.9 Å². The lowest BCUT2D eigenvalue weighted by Gasteiger charge is -2.07. The molecule has 0 amide bonds. The quantitative estimate of drug-likeness (QED) is 0.744. The molecule has 120 valence electrons. The molecule has 0 unspecified atom stereocenters. The first kappa shape index (κ1) is 15.5. The molecule has 0 saturated heterocycles. The van der Waals surface area contributed by atoms with E-state index in [1.54, 1.807) is 42.8 Å². The number of rotatable bonds is 3. The number of H-pyrrole nitrogens is 1. The lowest BCUT2D eigenvalue weighted by molar-refractivity contribution is 0.0520. The summed E-state index contributed by atoms with van der Waals surface area (Å²) in [4.78, 5) is 30.3. The molecule has 0 fully saturated rings. The van der Waals surface area contributed by atoms with Gasteiger partial charge >= 0.3 is 5.97 Å². The van der Waals surface area contributed by atoms with Crippen LogP contribution in [0.5, 0.6) is 0 Å². The molecule has 0 bridgehead atoms. The van der Waals surface area contributed by atoms with E-state index in [4.69, 9.17) is 10.00 Å². The smallest absolute Gasteiger partial charge is 0.358 e. The maximum atomic E-state index is 11.8. The topological polar surface area (TPSA) is 100 Å². The van der Waals surface area contributed by atoms with E-state index in [0.717, 1.165) is 11.1 Å². The van der Waals surface area contributed by atoms with Crippen molar-refractivity contribution < 1.29 is 9.53 Å². The van der Waals surface area contributed by atoms with E-state index in [1.165, 1.54) is 0 Å². The number of ether oxygens (including phenoxy) is 1. The summed E-state index contributed by atoms with van der Waals surface area (Å²) in [6.45, 7) is 3.78. The molecular formula is C17H14N4O3. The Morgan fingerprint density at radius 2 is 2.21 bits per heavy atom. The summed E-state index contributed by atoms with van der Waals surface area (Å²) in [5, 5.41) is 9.03. The number of nitriles is 1. The number of nitrogens with one attached hydrogen (secondary N) is 1. The largest absolute Gasteiger partial charge is 0.461 e. The highest BCUT2D eigenvalue weighted by Crippen LogP contribution is 2.23. The molecule has 3 rings (SSSR count). The molecule has 3 aromatic rings. The minimum atomic E-state index is -0.477. The second-order valence-electron chi connectivity index (χ2n) is 5.19. The lowest BCUT2D eigenvalue weighted by Crippen LogP contribution is -2.12.